The van der Waals surface area contributed by atoms with Crippen LogP contribution >= 0.6 is 0 Å². The van der Waals surface area contributed by atoms with Crippen molar-refractivity contribution in [3.05, 3.63) is 11.9 Å². The van der Waals surface area contributed by atoms with Crippen LogP contribution in [-0.2, 0) is 5.60 Å². The minimum Gasteiger partial charge on any atom is -0.493 e. The third-order valence-electron chi connectivity index (χ3n) is 4.32. The van der Waals surface area contributed by atoms with Gasteiger partial charge in [0.05, 0.1) is 13.3 Å². The highest BCUT2D eigenvalue weighted by molar-refractivity contribution is 5.34. The lowest BCUT2D eigenvalue weighted by atomic mass is 9.75. The van der Waals surface area contributed by atoms with Gasteiger partial charge in [-0.25, -0.2) is 0 Å². The first-order valence-electron chi connectivity index (χ1n) is 6.68. The van der Waals surface area contributed by atoms with E-state index in [9.17, 15) is 5.11 Å². The molecule has 1 aromatic heterocycles. The zero-order chi connectivity index (χ0) is 13.6. The Hall–Kier alpha value is -1.03. The van der Waals surface area contributed by atoms with E-state index in [1.165, 1.54) is 0 Å². The third kappa shape index (κ3) is 1.74. The Bertz CT molecular complexity index is 437. The summed E-state index contributed by atoms with van der Waals surface area (Å²) in [7, 11) is 1.64. The maximum Gasteiger partial charge on any atom is 0.162 e. The van der Waals surface area contributed by atoms with Gasteiger partial charge in [0, 0.05) is 6.04 Å². The molecule has 0 saturated heterocycles. The Balaban J connectivity index is 2.59. The minimum absolute atomic E-state index is 0.146. The highest BCUT2D eigenvalue weighted by atomic mass is 16.5. The molecule has 0 aliphatic heterocycles. The van der Waals surface area contributed by atoms with E-state index in [1.54, 1.807) is 13.3 Å². The largest absolute Gasteiger partial charge is 0.493 e. The van der Waals surface area contributed by atoms with Gasteiger partial charge < -0.3 is 9.84 Å². The number of hydrogen-bond acceptors (Lipinski definition) is 3. The minimum atomic E-state index is -0.848. The van der Waals surface area contributed by atoms with Crippen molar-refractivity contribution in [1.82, 2.24) is 9.78 Å². The van der Waals surface area contributed by atoms with E-state index in [4.69, 9.17) is 4.74 Å². The van der Waals surface area contributed by atoms with Gasteiger partial charge in [-0.05, 0) is 38.5 Å². The summed E-state index contributed by atoms with van der Waals surface area (Å²) in [4.78, 5) is 0. The second kappa shape index (κ2) is 4.26. The quantitative estimate of drug-likeness (QED) is 0.899. The molecule has 0 radical (unpaired) electrons. The first-order valence-corrected chi connectivity index (χ1v) is 6.68. The van der Waals surface area contributed by atoms with E-state index in [-0.39, 0.29) is 11.5 Å². The summed E-state index contributed by atoms with van der Waals surface area (Å²) in [5, 5.41) is 15.6. The van der Waals surface area contributed by atoms with E-state index in [0.29, 0.717) is 5.75 Å². The van der Waals surface area contributed by atoms with Crippen molar-refractivity contribution in [3.63, 3.8) is 0 Å². The van der Waals surface area contributed by atoms with Crippen LogP contribution in [0.5, 0.6) is 5.75 Å². The molecule has 0 spiro atoms. The molecule has 4 heteroatoms. The van der Waals surface area contributed by atoms with Gasteiger partial charge in [0.15, 0.2) is 5.75 Å². The number of aliphatic hydroxyl groups is 1. The molecule has 1 atom stereocenters. The smallest absolute Gasteiger partial charge is 0.162 e. The van der Waals surface area contributed by atoms with Crippen molar-refractivity contribution >= 4 is 0 Å². The van der Waals surface area contributed by atoms with Crippen LogP contribution in [0, 0.1) is 5.41 Å². The molecule has 102 valence electrons. The average Bonchev–Trinajstić information content (AvgIpc) is 2.81. The Labute approximate surface area is 109 Å². The lowest BCUT2D eigenvalue weighted by Crippen LogP contribution is -2.39. The molecule has 1 saturated carbocycles. The first kappa shape index (κ1) is 13.4. The molecule has 1 N–H and O–H groups in total. The maximum atomic E-state index is 11.2. The van der Waals surface area contributed by atoms with Crippen LogP contribution in [0.1, 0.15) is 58.7 Å². The summed E-state index contributed by atoms with van der Waals surface area (Å²) in [6.07, 6.45) is 4.54. The fraction of sp³-hybridized carbons (Fsp3) is 0.786. The van der Waals surface area contributed by atoms with Crippen LogP contribution in [0.3, 0.4) is 0 Å². The molecule has 2 rings (SSSR count). The van der Waals surface area contributed by atoms with Gasteiger partial charge in [-0.1, -0.05) is 13.8 Å². The lowest BCUT2D eigenvalue weighted by Gasteiger charge is -2.38. The molecule has 18 heavy (non-hydrogen) atoms. The molecule has 0 bridgehead atoms. The van der Waals surface area contributed by atoms with Gasteiger partial charge >= 0.3 is 0 Å². The predicted octanol–water partition coefficient (Wildman–Crippen LogP) is 2.87. The molecule has 1 fully saturated rings. The van der Waals surface area contributed by atoms with Gasteiger partial charge in [-0.2, -0.15) is 5.10 Å². The third-order valence-corrected chi connectivity index (χ3v) is 4.32. The topological polar surface area (TPSA) is 47.3 Å². The molecular formula is C14H24N2O2. The highest BCUT2D eigenvalue weighted by Gasteiger charge is 2.52. The summed E-state index contributed by atoms with van der Waals surface area (Å²) < 4.78 is 7.30. The summed E-state index contributed by atoms with van der Waals surface area (Å²) in [6.45, 7) is 8.39. The van der Waals surface area contributed by atoms with Crippen molar-refractivity contribution in [2.75, 3.05) is 7.11 Å². The van der Waals surface area contributed by atoms with E-state index in [0.717, 1.165) is 25.0 Å². The number of nitrogens with zero attached hydrogens (tertiary/aromatic N) is 2. The van der Waals surface area contributed by atoms with Gasteiger partial charge in [-0.15, -0.1) is 0 Å². The molecule has 1 aromatic rings. The standard InChI is InChI=1S/C14H24N2O2/c1-10(2)16-12(11(18-5)9-15-16)14(17)8-6-7-13(14,3)4/h9-10,17H,6-8H2,1-5H3. The highest BCUT2D eigenvalue weighted by Crippen LogP contribution is 2.54. The summed E-state index contributed by atoms with van der Waals surface area (Å²) >= 11 is 0. The second-order valence-electron chi connectivity index (χ2n) is 6.20. The average molecular weight is 252 g/mol. The van der Waals surface area contributed by atoms with Gasteiger partial charge in [0.25, 0.3) is 0 Å². The van der Waals surface area contributed by atoms with Crippen molar-refractivity contribution in [3.8, 4) is 5.75 Å². The molecule has 1 aliphatic rings. The van der Waals surface area contributed by atoms with Crippen molar-refractivity contribution in [2.24, 2.45) is 5.41 Å². The number of aromatic nitrogens is 2. The second-order valence-corrected chi connectivity index (χ2v) is 6.20. The van der Waals surface area contributed by atoms with Gasteiger partial charge in [0.1, 0.15) is 11.3 Å². The van der Waals surface area contributed by atoms with E-state index >= 15 is 0 Å². The Morgan fingerprint density at radius 1 is 1.39 bits per heavy atom. The van der Waals surface area contributed by atoms with Crippen LogP contribution in [0.25, 0.3) is 0 Å². The van der Waals surface area contributed by atoms with Crippen LogP contribution in [-0.4, -0.2) is 22.0 Å². The summed E-state index contributed by atoms with van der Waals surface area (Å²) in [5.41, 5.74) is -0.158. The van der Waals surface area contributed by atoms with Crippen LogP contribution in [0.4, 0.5) is 0 Å². The fourth-order valence-corrected chi connectivity index (χ4v) is 3.05. The number of hydrogen-bond donors (Lipinski definition) is 1. The Morgan fingerprint density at radius 2 is 2.06 bits per heavy atom. The van der Waals surface area contributed by atoms with E-state index < -0.39 is 5.60 Å². The molecule has 0 aromatic carbocycles. The van der Waals surface area contributed by atoms with Crippen LogP contribution < -0.4 is 4.74 Å². The van der Waals surface area contributed by atoms with Gasteiger partial charge in [-0.3, -0.25) is 4.68 Å². The van der Waals surface area contributed by atoms with Gasteiger partial charge in [0.2, 0.25) is 0 Å². The normalized spacial score (nSPS) is 26.8. The van der Waals surface area contributed by atoms with Crippen LogP contribution in [0.2, 0.25) is 0 Å². The Kier molecular flexibility index (Phi) is 3.18. The molecule has 1 unspecified atom stereocenters. The van der Waals surface area contributed by atoms with Crippen molar-refractivity contribution in [2.45, 2.75) is 58.6 Å². The predicted molar refractivity (Wildman–Crippen MR) is 70.7 cm³/mol. The molecule has 0 amide bonds. The zero-order valence-corrected chi connectivity index (χ0v) is 12.0. The SMILES string of the molecule is COc1cnn(C(C)C)c1C1(O)CCCC1(C)C. The van der Waals surface area contributed by atoms with Crippen LogP contribution in [0.15, 0.2) is 6.20 Å². The molecule has 1 aliphatic carbocycles. The summed E-state index contributed by atoms with van der Waals surface area (Å²) in [5.74, 6) is 0.696. The Morgan fingerprint density at radius 3 is 2.50 bits per heavy atom. The van der Waals surface area contributed by atoms with Crippen molar-refractivity contribution in [1.29, 1.82) is 0 Å². The molecular weight excluding hydrogens is 228 g/mol. The fourth-order valence-electron chi connectivity index (χ4n) is 3.05. The maximum absolute atomic E-state index is 11.2. The van der Waals surface area contributed by atoms with E-state index in [2.05, 4.69) is 32.8 Å². The van der Waals surface area contributed by atoms with E-state index in [1.807, 2.05) is 4.68 Å². The first-order chi connectivity index (χ1) is 8.33. The lowest BCUT2D eigenvalue weighted by molar-refractivity contribution is -0.0579. The number of methoxy groups -OCH3 is 1. The number of ether oxygens (including phenoxy) is 1. The molecule has 4 nitrogen and oxygen atoms in total. The monoisotopic (exact) mass is 252 g/mol. The molecule has 1 heterocycles. The zero-order valence-electron chi connectivity index (χ0n) is 12.0. The number of rotatable bonds is 3. The van der Waals surface area contributed by atoms with Crippen molar-refractivity contribution < 1.29 is 9.84 Å². The summed E-state index contributed by atoms with van der Waals surface area (Å²) in [6, 6.07) is 0.212.